The first-order valence-corrected chi connectivity index (χ1v) is 9.30. The average molecular weight is 386 g/mol. The largest absolute Gasteiger partial charge is 0.481 e. The van der Waals surface area contributed by atoms with Crippen molar-refractivity contribution in [2.45, 2.75) is 22.6 Å². The quantitative estimate of drug-likeness (QED) is 0.621. The van der Waals surface area contributed by atoms with Gasteiger partial charge in [0.2, 0.25) is 0 Å². The molecule has 1 heterocycles. The number of nitrogens with zero attached hydrogens (tertiary/aromatic N) is 2. The van der Waals surface area contributed by atoms with Gasteiger partial charge < -0.3 is 10.0 Å². The van der Waals surface area contributed by atoms with E-state index in [0.717, 1.165) is 9.79 Å². The molecular weight excluding hydrogens is 368 g/mol. The summed E-state index contributed by atoms with van der Waals surface area (Å²) in [6, 6.07) is 13.5. The number of carbonyl (C=O) groups is 2. The van der Waals surface area contributed by atoms with Crippen molar-refractivity contribution in [2.24, 2.45) is 5.92 Å². The van der Waals surface area contributed by atoms with Gasteiger partial charge in [0.1, 0.15) is 0 Å². The van der Waals surface area contributed by atoms with E-state index in [9.17, 15) is 19.7 Å². The number of hydrogen-bond donors (Lipinski definition) is 1. The lowest BCUT2D eigenvalue weighted by molar-refractivity contribution is -0.384. The molecule has 8 heteroatoms. The van der Waals surface area contributed by atoms with E-state index in [1.165, 1.54) is 23.9 Å². The molecule has 27 heavy (non-hydrogen) atoms. The van der Waals surface area contributed by atoms with E-state index in [1.54, 1.807) is 29.2 Å². The van der Waals surface area contributed by atoms with Gasteiger partial charge in [0, 0.05) is 40.6 Å². The molecule has 0 saturated carbocycles. The van der Waals surface area contributed by atoms with Gasteiger partial charge in [-0.05, 0) is 49.2 Å². The number of amides is 1. The molecule has 0 atom stereocenters. The summed E-state index contributed by atoms with van der Waals surface area (Å²) in [6.45, 7) is 0.907. The third-order valence-electron chi connectivity index (χ3n) is 4.52. The Labute approximate surface area is 160 Å². The van der Waals surface area contributed by atoms with Crippen LogP contribution in [0.5, 0.6) is 0 Å². The first kappa shape index (κ1) is 18.9. The van der Waals surface area contributed by atoms with E-state index in [2.05, 4.69) is 0 Å². The van der Waals surface area contributed by atoms with E-state index in [0.29, 0.717) is 31.5 Å². The van der Waals surface area contributed by atoms with E-state index >= 15 is 0 Å². The number of carbonyl (C=O) groups excluding carboxylic acids is 1. The minimum absolute atomic E-state index is 0.0481. The van der Waals surface area contributed by atoms with Crippen LogP contribution in [-0.2, 0) is 4.79 Å². The molecule has 7 nitrogen and oxygen atoms in total. The van der Waals surface area contributed by atoms with Gasteiger partial charge in [0.15, 0.2) is 0 Å². The Morgan fingerprint density at radius 2 is 1.52 bits per heavy atom. The maximum Gasteiger partial charge on any atom is 0.306 e. The van der Waals surface area contributed by atoms with Crippen LogP contribution < -0.4 is 0 Å². The number of likely N-dealkylation sites (tertiary alicyclic amines) is 1. The number of carboxylic acid groups (broad SMARTS) is 1. The minimum Gasteiger partial charge on any atom is -0.481 e. The third kappa shape index (κ3) is 4.65. The van der Waals surface area contributed by atoms with Crippen LogP contribution in [0.1, 0.15) is 23.2 Å². The molecule has 1 aliphatic heterocycles. The molecule has 0 unspecified atom stereocenters. The third-order valence-corrected chi connectivity index (χ3v) is 5.53. The molecule has 2 aromatic carbocycles. The number of rotatable bonds is 5. The Hall–Kier alpha value is -2.87. The molecule has 1 aliphatic rings. The van der Waals surface area contributed by atoms with Crippen molar-refractivity contribution in [3.63, 3.8) is 0 Å². The summed E-state index contributed by atoms with van der Waals surface area (Å²) in [6.07, 6.45) is 0.963. The van der Waals surface area contributed by atoms with Crippen molar-refractivity contribution < 1.29 is 19.6 Å². The smallest absolute Gasteiger partial charge is 0.306 e. The first-order valence-electron chi connectivity index (χ1n) is 8.48. The SMILES string of the molecule is O=C(O)C1CCN(C(=O)c2ccc(Sc3ccc([N+](=O)[O-])cc3)cc2)CC1. The van der Waals surface area contributed by atoms with Crippen molar-refractivity contribution in [3.05, 3.63) is 64.2 Å². The molecule has 1 N–H and O–H groups in total. The average Bonchev–Trinajstić information content (AvgIpc) is 2.68. The summed E-state index contributed by atoms with van der Waals surface area (Å²) in [5.74, 6) is -1.25. The van der Waals surface area contributed by atoms with Gasteiger partial charge in [-0.3, -0.25) is 19.7 Å². The molecule has 140 valence electrons. The predicted molar refractivity (Wildman–Crippen MR) is 99.9 cm³/mol. The summed E-state index contributed by atoms with van der Waals surface area (Å²) in [4.78, 5) is 37.3. The van der Waals surface area contributed by atoms with Crippen LogP contribution >= 0.6 is 11.8 Å². The van der Waals surface area contributed by atoms with Crippen molar-refractivity contribution in [3.8, 4) is 0 Å². The minimum atomic E-state index is -0.797. The van der Waals surface area contributed by atoms with Crippen LogP contribution in [0, 0.1) is 16.0 Å². The summed E-state index contributed by atoms with van der Waals surface area (Å²) >= 11 is 1.45. The van der Waals surface area contributed by atoms with Crippen molar-refractivity contribution in [1.82, 2.24) is 4.90 Å². The van der Waals surface area contributed by atoms with Gasteiger partial charge in [-0.2, -0.15) is 0 Å². The fraction of sp³-hybridized carbons (Fsp3) is 0.263. The first-order chi connectivity index (χ1) is 12.9. The zero-order chi connectivity index (χ0) is 19.4. The predicted octanol–water partition coefficient (Wildman–Crippen LogP) is 3.68. The molecule has 0 aliphatic carbocycles. The van der Waals surface area contributed by atoms with Gasteiger partial charge >= 0.3 is 5.97 Å². The van der Waals surface area contributed by atoms with Crippen LogP contribution in [0.3, 0.4) is 0 Å². The number of nitro groups is 1. The van der Waals surface area contributed by atoms with Gasteiger partial charge in [0.05, 0.1) is 10.8 Å². The van der Waals surface area contributed by atoms with E-state index < -0.39 is 10.9 Å². The highest BCUT2D eigenvalue weighted by atomic mass is 32.2. The Bertz CT molecular complexity index is 843. The fourth-order valence-electron chi connectivity index (χ4n) is 2.95. The number of aliphatic carboxylic acids is 1. The second-order valence-electron chi connectivity index (χ2n) is 6.28. The molecule has 1 saturated heterocycles. The summed E-state index contributed by atoms with van der Waals surface area (Å²) in [5.41, 5.74) is 0.615. The molecular formula is C19H18N2O5S. The van der Waals surface area contributed by atoms with Crippen molar-refractivity contribution in [1.29, 1.82) is 0 Å². The molecule has 1 amide bonds. The molecule has 0 spiro atoms. The molecule has 0 bridgehead atoms. The summed E-state index contributed by atoms with van der Waals surface area (Å²) < 4.78 is 0. The lowest BCUT2D eigenvalue weighted by atomic mass is 9.96. The van der Waals surface area contributed by atoms with Crippen LogP contribution in [0.15, 0.2) is 58.3 Å². The van der Waals surface area contributed by atoms with E-state index in [-0.39, 0.29) is 17.5 Å². The van der Waals surface area contributed by atoms with Crippen molar-refractivity contribution >= 4 is 29.3 Å². The Morgan fingerprint density at radius 3 is 2.00 bits per heavy atom. The van der Waals surface area contributed by atoms with Crippen LogP contribution in [0.4, 0.5) is 5.69 Å². The Morgan fingerprint density at radius 1 is 1.00 bits per heavy atom. The summed E-state index contributed by atoms with van der Waals surface area (Å²) in [7, 11) is 0. The normalized spacial score (nSPS) is 14.7. The van der Waals surface area contributed by atoms with Crippen LogP contribution in [0.2, 0.25) is 0 Å². The number of piperidine rings is 1. The zero-order valence-electron chi connectivity index (χ0n) is 14.4. The molecule has 1 fully saturated rings. The number of nitro benzene ring substituents is 1. The Balaban J connectivity index is 1.60. The second-order valence-corrected chi connectivity index (χ2v) is 7.43. The van der Waals surface area contributed by atoms with Gasteiger partial charge in [-0.15, -0.1) is 0 Å². The molecule has 0 aromatic heterocycles. The highest BCUT2D eigenvalue weighted by Crippen LogP contribution is 2.29. The van der Waals surface area contributed by atoms with Crippen molar-refractivity contribution in [2.75, 3.05) is 13.1 Å². The number of non-ortho nitro benzene ring substituents is 1. The van der Waals surface area contributed by atoms with E-state index in [4.69, 9.17) is 5.11 Å². The highest BCUT2D eigenvalue weighted by Gasteiger charge is 2.27. The van der Waals surface area contributed by atoms with Gasteiger partial charge in [0.25, 0.3) is 11.6 Å². The maximum absolute atomic E-state index is 12.6. The lowest BCUT2D eigenvalue weighted by Gasteiger charge is -2.30. The lowest BCUT2D eigenvalue weighted by Crippen LogP contribution is -2.40. The Kier molecular flexibility index (Phi) is 5.75. The number of benzene rings is 2. The van der Waals surface area contributed by atoms with Crippen LogP contribution in [0.25, 0.3) is 0 Å². The van der Waals surface area contributed by atoms with Crippen LogP contribution in [-0.4, -0.2) is 39.9 Å². The number of hydrogen-bond acceptors (Lipinski definition) is 5. The molecule has 3 rings (SSSR count). The van der Waals surface area contributed by atoms with E-state index in [1.807, 2.05) is 12.1 Å². The number of carboxylic acids is 1. The highest BCUT2D eigenvalue weighted by molar-refractivity contribution is 7.99. The standard InChI is InChI=1S/C19H18N2O5S/c22-18(20-11-9-14(10-12-20)19(23)24)13-1-5-16(6-2-13)27-17-7-3-15(4-8-17)21(25)26/h1-8,14H,9-12H2,(H,23,24). The topological polar surface area (TPSA) is 101 Å². The molecule has 2 aromatic rings. The monoisotopic (exact) mass is 386 g/mol. The fourth-order valence-corrected chi connectivity index (χ4v) is 3.77. The van der Waals surface area contributed by atoms with Gasteiger partial charge in [-0.1, -0.05) is 11.8 Å². The zero-order valence-corrected chi connectivity index (χ0v) is 15.2. The summed E-state index contributed by atoms with van der Waals surface area (Å²) in [5, 5.41) is 19.7. The maximum atomic E-state index is 12.6. The molecule has 0 radical (unpaired) electrons. The van der Waals surface area contributed by atoms with Gasteiger partial charge in [-0.25, -0.2) is 0 Å². The second kappa shape index (κ2) is 8.22.